The molecular weight excluding hydrogens is 247 g/mol. The van der Waals surface area contributed by atoms with Crippen LogP contribution in [0, 0.1) is 5.82 Å². The Morgan fingerprint density at radius 2 is 2.26 bits per heavy atom. The topological polar surface area (TPSA) is 58.9 Å². The second kappa shape index (κ2) is 4.35. The maximum absolute atomic E-state index is 13.6. The van der Waals surface area contributed by atoms with E-state index in [0.29, 0.717) is 28.8 Å². The molecule has 3 rings (SSSR count). The normalized spacial score (nSPS) is 11.1. The molecular formula is C14H11FN2O2. The molecule has 4 nitrogen and oxygen atoms in total. The van der Waals surface area contributed by atoms with Gasteiger partial charge in [0.05, 0.1) is 6.33 Å². The Labute approximate surface area is 107 Å². The number of fused-ring (bicyclic) bond motifs is 1. The molecule has 2 aromatic heterocycles. The smallest absolute Gasteiger partial charge is 0.254 e. The largest absolute Gasteiger partial charge is 0.451 e. The number of nitrogens with one attached hydrogen (secondary N) is 1. The first-order valence-corrected chi connectivity index (χ1v) is 5.95. The van der Waals surface area contributed by atoms with Gasteiger partial charge in [-0.25, -0.2) is 9.37 Å². The number of furan rings is 1. The van der Waals surface area contributed by atoms with Crippen molar-refractivity contribution < 1.29 is 8.81 Å². The van der Waals surface area contributed by atoms with Crippen molar-refractivity contribution in [2.24, 2.45) is 0 Å². The molecule has 2 heterocycles. The Morgan fingerprint density at radius 1 is 1.42 bits per heavy atom. The minimum atomic E-state index is -0.424. The van der Waals surface area contributed by atoms with Gasteiger partial charge in [-0.15, -0.1) is 0 Å². The number of aromatic nitrogens is 2. The van der Waals surface area contributed by atoms with Crippen LogP contribution in [-0.2, 0) is 6.42 Å². The lowest BCUT2D eigenvalue weighted by molar-refractivity contribution is 0.567. The monoisotopic (exact) mass is 258 g/mol. The molecule has 3 aromatic rings. The standard InChI is InChI=1S/C14H11FN2O2/c1-2-9-12(16-7-17-14(9)18)11-6-8-4-3-5-10(15)13(8)19-11/h3-7H,2H2,1H3,(H,16,17,18). The molecule has 0 fully saturated rings. The summed E-state index contributed by atoms with van der Waals surface area (Å²) in [6.45, 7) is 1.86. The first-order chi connectivity index (χ1) is 9.20. The molecule has 0 atom stereocenters. The molecule has 0 aliphatic rings. The van der Waals surface area contributed by atoms with Crippen molar-refractivity contribution in [1.29, 1.82) is 0 Å². The highest BCUT2D eigenvalue weighted by Gasteiger charge is 2.15. The number of H-pyrrole nitrogens is 1. The number of benzene rings is 1. The molecule has 0 saturated heterocycles. The van der Waals surface area contributed by atoms with Crippen LogP contribution < -0.4 is 5.56 Å². The van der Waals surface area contributed by atoms with Gasteiger partial charge >= 0.3 is 0 Å². The van der Waals surface area contributed by atoms with E-state index >= 15 is 0 Å². The van der Waals surface area contributed by atoms with Crippen LogP contribution in [0.25, 0.3) is 22.4 Å². The fourth-order valence-corrected chi connectivity index (χ4v) is 2.11. The van der Waals surface area contributed by atoms with E-state index in [1.807, 2.05) is 6.92 Å². The van der Waals surface area contributed by atoms with E-state index in [0.717, 1.165) is 0 Å². The van der Waals surface area contributed by atoms with E-state index in [1.54, 1.807) is 18.2 Å². The van der Waals surface area contributed by atoms with Crippen molar-refractivity contribution in [3.63, 3.8) is 0 Å². The quantitative estimate of drug-likeness (QED) is 0.768. The van der Waals surface area contributed by atoms with Gasteiger partial charge in [0.1, 0.15) is 5.69 Å². The van der Waals surface area contributed by atoms with Gasteiger partial charge < -0.3 is 9.40 Å². The van der Waals surface area contributed by atoms with Crippen LogP contribution in [0.15, 0.2) is 39.8 Å². The number of para-hydroxylation sites is 1. The lowest BCUT2D eigenvalue weighted by atomic mass is 10.1. The van der Waals surface area contributed by atoms with Gasteiger partial charge in [-0.05, 0) is 18.6 Å². The number of hydrogen-bond acceptors (Lipinski definition) is 3. The second-order valence-corrected chi connectivity index (χ2v) is 4.18. The summed E-state index contributed by atoms with van der Waals surface area (Å²) in [4.78, 5) is 18.4. The number of rotatable bonds is 2. The highest BCUT2D eigenvalue weighted by molar-refractivity contribution is 5.83. The fourth-order valence-electron chi connectivity index (χ4n) is 2.11. The lowest BCUT2D eigenvalue weighted by Gasteiger charge is -2.01. The fraction of sp³-hybridized carbons (Fsp3) is 0.143. The van der Waals surface area contributed by atoms with Crippen LogP contribution in [-0.4, -0.2) is 9.97 Å². The molecule has 0 amide bonds. The molecule has 5 heteroatoms. The van der Waals surface area contributed by atoms with Crippen LogP contribution >= 0.6 is 0 Å². The molecule has 96 valence electrons. The molecule has 0 bridgehead atoms. The maximum atomic E-state index is 13.6. The van der Waals surface area contributed by atoms with E-state index in [9.17, 15) is 9.18 Å². The zero-order valence-corrected chi connectivity index (χ0v) is 10.2. The highest BCUT2D eigenvalue weighted by Crippen LogP contribution is 2.29. The third kappa shape index (κ3) is 1.83. The van der Waals surface area contributed by atoms with Gasteiger partial charge in [-0.1, -0.05) is 19.1 Å². The molecule has 0 aliphatic heterocycles. The minimum absolute atomic E-state index is 0.182. The zero-order valence-electron chi connectivity index (χ0n) is 10.2. The Hall–Kier alpha value is -2.43. The predicted molar refractivity (Wildman–Crippen MR) is 69.4 cm³/mol. The number of aromatic amines is 1. The summed E-state index contributed by atoms with van der Waals surface area (Å²) in [7, 11) is 0. The van der Waals surface area contributed by atoms with E-state index < -0.39 is 5.82 Å². The first kappa shape index (κ1) is 11.6. The molecule has 0 aliphatic carbocycles. The van der Waals surface area contributed by atoms with Gasteiger partial charge in [0.25, 0.3) is 5.56 Å². The number of hydrogen-bond donors (Lipinski definition) is 1. The summed E-state index contributed by atoms with van der Waals surface area (Å²) in [5, 5.41) is 0.652. The third-order valence-electron chi connectivity index (χ3n) is 3.03. The predicted octanol–water partition coefficient (Wildman–Crippen LogP) is 2.88. The summed E-state index contributed by atoms with van der Waals surface area (Å²) in [5.41, 5.74) is 0.971. The van der Waals surface area contributed by atoms with Crippen LogP contribution in [0.2, 0.25) is 0 Å². The first-order valence-electron chi connectivity index (χ1n) is 5.95. The SMILES string of the molecule is CCc1c(-c2cc3cccc(F)c3o2)nc[nH]c1=O. The second-order valence-electron chi connectivity index (χ2n) is 4.18. The van der Waals surface area contributed by atoms with Crippen LogP contribution in [0.1, 0.15) is 12.5 Å². The average Bonchev–Trinajstić information content (AvgIpc) is 2.84. The lowest BCUT2D eigenvalue weighted by Crippen LogP contribution is -2.13. The number of halogens is 1. The van der Waals surface area contributed by atoms with Crippen molar-refractivity contribution in [1.82, 2.24) is 9.97 Å². The van der Waals surface area contributed by atoms with Crippen molar-refractivity contribution in [2.75, 3.05) is 0 Å². The molecule has 0 spiro atoms. The van der Waals surface area contributed by atoms with E-state index in [4.69, 9.17) is 4.42 Å². The summed E-state index contributed by atoms with van der Waals surface area (Å²) in [6.07, 6.45) is 1.85. The van der Waals surface area contributed by atoms with Crippen LogP contribution in [0.3, 0.4) is 0 Å². The van der Waals surface area contributed by atoms with Crippen molar-refractivity contribution in [3.05, 3.63) is 52.3 Å². The molecule has 0 radical (unpaired) electrons. The summed E-state index contributed by atoms with van der Waals surface area (Å²) >= 11 is 0. The Kier molecular flexibility index (Phi) is 2.67. The molecule has 19 heavy (non-hydrogen) atoms. The van der Waals surface area contributed by atoms with Crippen molar-refractivity contribution in [3.8, 4) is 11.5 Å². The van der Waals surface area contributed by atoms with Crippen LogP contribution in [0.4, 0.5) is 4.39 Å². The van der Waals surface area contributed by atoms with Crippen molar-refractivity contribution >= 4 is 11.0 Å². The summed E-state index contributed by atoms with van der Waals surface area (Å²) < 4.78 is 19.1. The van der Waals surface area contributed by atoms with Crippen molar-refractivity contribution in [2.45, 2.75) is 13.3 Å². The Bertz CT molecular complexity index is 805. The Morgan fingerprint density at radius 3 is 3.00 bits per heavy atom. The maximum Gasteiger partial charge on any atom is 0.254 e. The molecule has 0 saturated carbocycles. The van der Waals surface area contributed by atoms with E-state index in [2.05, 4.69) is 9.97 Å². The zero-order chi connectivity index (χ0) is 13.4. The number of nitrogens with zero attached hydrogens (tertiary/aromatic N) is 1. The summed E-state index contributed by atoms with van der Waals surface area (Å²) in [6, 6.07) is 6.40. The van der Waals surface area contributed by atoms with E-state index in [1.165, 1.54) is 12.4 Å². The highest BCUT2D eigenvalue weighted by atomic mass is 19.1. The van der Waals surface area contributed by atoms with Gasteiger partial charge in [0, 0.05) is 10.9 Å². The molecule has 1 aromatic carbocycles. The van der Waals surface area contributed by atoms with Gasteiger partial charge in [0.2, 0.25) is 0 Å². The summed E-state index contributed by atoms with van der Waals surface area (Å²) in [5.74, 6) is -0.0188. The Balaban J connectivity index is 2.28. The van der Waals surface area contributed by atoms with Crippen LogP contribution in [0.5, 0.6) is 0 Å². The average molecular weight is 258 g/mol. The molecule has 0 unspecified atom stereocenters. The minimum Gasteiger partial charge on any atom is -0.451 e. The van der Waals surface area contributed by atoms with Gasteiger partial charge in [0.15, 0.2) is 17.2 Å². The third-order valence-corrected chi connectivity index (χ3v) is 3.03. The van der Waals surface area contributed by atoms with Gasteiger partial charge in [-0.3, -0.25) is 4.79 Å². The van der Waals surface area contributed by atoms with E-state index in [-0.39, 0.29) is 11.1 Å². The molecule has 1 N–H and O–H groups in total. The van der Waals surface area contributed by atoms with Gasteiger partial charge in [-0.2, -0.15) is 0 Å².